The highest BCUT2D eigenvalue weighted by Crippen LogP contribution is 2.30. The highest BCUT2D eigenvalue weighted by molar-refractivity contribution is 5.88. The normalized spacial score (nSPS) is 12.0. The van der Waals surface area contributed by atoms with E-state index in [0.717, 1.165) is 51.7 Å². The molecule has 0 heterocycles. The topological polar surface area (TPSA) is 38.8 Å². The molecule has 0 saturated heterocycles. The van der Waals surface area contributed by atoms with Gasteiger partial charge in [-0.25, -0.2) is 0 Å². The second kappa shape index (κ2) is 11.5. The highest BCUT2D eigenvalue weighted by Gasteiger charge is 2.17. The molecule has 0 fully saturated rings. The summed E-state index contributed by atoms with van der Waals surface area (Å²) in [4.78, 5) is 14.2. The molecule has 4 nitrogen and oxygen atoms in total. The zero-order chi connectivity index (χ0) is 23.8. The minimum absolute atomic E-state index is 0.322. The van der Waals surface area contributed by atoms with Gasteiger partial charge in [0.2, 0.25) is 0 Å². The van der Waals surface area contributed by atoms with Crippen LogP contribution in [0, 0.1) is 0 Å². The molecular weight excluding hydrogens is 410 g/mol. The molecule has 0 N–H and O–H groups in total. The quantitative estimate of drug-likeness (QED) is 0.257. The fraction of sp³-hybridized carbons (Fsp3) is 0.276. The Morgan fingerprint density at radius 1 is 1.03 bits per heavy atom. The van der Waals surface area contributed by atoms with E-state index < -0.39 is 0 Å². The minimum atomic E-state index is -0.322. The van der Waals surface area contributed by atoms with Crippen molar-refractivity contribution in [3.8, 4) is 5.75 Å². The van der Waals surface area contributed by atoms with Gasteiger partial charge < -0.3 is 9.47 Å². The fourth-order valence-corrected chi connectivity index (χ4v) is 4.03. The lowest BCUT2D eigenvalue weighted by atomic mass is 10.0. The molecule has 0 spiro atoms. The molecule has 0 radical (unpaired) electrons. The van der Waals surface area contributed by atoms with Crippen LogP contribution in [-0.4, -0.2) is 31.1 Å². The third kappa shape index (κ3) is 6.11. The summed E-state index contributed by atoms with van der Waals surface area (Å²) >= 11 is 0. The van der Waals surface area contributed by atoms with E-state index in [1.165, 1.54) is 6.92 Å². The minimum Gasteiger partial charge on any atom is -0.497 e. The molecule has 172 valence electrons. The van der Waals surface area contributed by atoms with Crippen molar-refractivity contribution in [1.82, 2.24) is 4.90 Å². The monoisotopic (exact) mass is 443 g/mol. The Kier molecular flexibility index (Phi) is 8.45. The zero-order valence-electron chi connectivity index (χ0n) is 19.9. The summed E-state index contributed by atoms with van der Waals surface area (Å²) in [5.74, 6) is 0.913. The van der Waals surface area contributed by atoms with E-state index in [2.05, 4.69) is 43.2 Å². The summed E-state index contributed by atoms with van der Waals surface area (Å²) in [6.07, 6.45) is 2.13. The number of rotatable bonds is 10. The van der Waals surface area contributed by atoms with E-state index in [1.54, 1.807) is 7.11 Å². The maximum absolute atomic E-state index is 11.8. The van der Waals surface area contributed by atoms with Gasteiger partial charge in [-0.1, -0.05) is 81.1 Å². The average molecular weight is 444 g/mol. The van der Waals surface area contributed by atoms with Crippen LogP contribution < -0.4 is 15.2 Å². The number of nitrogens with zero attached hydrogens (tertiary/aromatic N) is 1. The first kappa shape index (κ1) is 24.3. The first-order valence-electron chi connectivity index (χ1n) is 11.4. The third-order valence-corrected chi connectivity index (χ3v) is 5.77. The van der Waals surface area contributed by atoms with Gasteiger partial charge in [-0.05, 0) is 40.2 Å². The van der Waals surface area contributed by atoms with E-state index >= 15 is 0 Å². The third-order valence-electron chi connectivity index (χ3n) is 5.77. The van der Waals surface area contributed by atoms with E-state index in [0.29, 0.717) is 24.6 Å². The van der Waals surface area contributed by atoms with Crippen LogP contribution in [0.1, 0.15) is 32.3 Å². The number of carbonyl (C=O) groups excluding carboxylic acids is 1. The van der Waals surface area contributed by atoms with Gasteiger partial charge in [0.15, 0.2) is 0 Å². The predicted molar refractivity (Wildman–Crippen MR) is 136 cm³/mol. The number of ether oxygens (including phenoxy) is 2. The number of carbonyl (C=O) groups is 1. The molecule has 0 aliphatic carbocycles. The Morgan fingerprint density at radius 2 is 1.76 bits per heavy atom. The molecule has 3 rings (SSSR count). The SMILES string of the molecule is C=C(OC)/C(CN(CCCC)Cc1c(OC(C)=O)ccc2ccccc12)=c1/ccccc1=C. The first-order chi connectivity index (χ1) is 15.9. The van der Waals surface area contributed by atoms with Crippen LogP contribution in [0.15, 0.2) is 73.0 Å². The molecule has 0 aromatic heterocycles. The second-order valence-electron chi connectivity index (χ2n) is 8.18. The summed E-state index contributed by atoms with van der Waals surface area (Å²) < 4.78 is 11.2. The molecular formula is C29H33NO3. The van der Waals surface area contributed by atoms with Crippen LogP contribution in [0.3, 0.4) is 0 Å². The zero-order valence-corrected chi connectivity index (χ0v) is 19.9. The van der Waals surface area contributed by atoms with Gasteiger partial charge in [-0.3, -0.25) is 9.69 Å². The summed E-state index contributed by atoms with van der Waals surface area (Å²) in [5, 5.41) is 4.17. The van der Waals surface area contributed by atoms with Crippen LogP contribution in [0.25, 0.3) is 22.9 Å². The first-order valence-corrected chi connectivity index (χ1v) is 11.4. The highest BCUT2D eigenvalue weighted by atomic mass is 16.5. The van der Waals surface area contributed by atoms with Crippen LogP contribution >= 0.6 is 0 Å². The van der Waals surface area contributed by atoms with Crippen LogP contribution in [0.2, 0.25) is 0 Å². The molecule has 3 aromatic rings. The number of benzene rings is 3. The average Bonchev–Trinajstić information content (AvgIpc) is 2.81. The molecule has 33 heavy (non-hydrogen) atoms. The van der Waals surface area contributed by atoms with Crippen molar-refractivity contribution >= 4 is 28.9 Å². The molecule has 4 heteroatoms. The van der Waals surface area contributed by atoms with Crippen molar-refractivity contribution in [2.75, 3.05) is 20.2 Å². The van der Waals surface area contributed by atoms with Crippen LogP contribution in [-0.2, 0) is 16.1 Å². The Bertz CT molecular complexity index is 1250. The van der Waals surface area contributed by atoms with Gasteiger partial charge >= 0.3 is 5.97 Å². The van der Waals surface area contributed by atoms with Gasteiger partial charge in [-0.2, -0.15) is 0 Å². The lowest BCUT2D eigenvalue weighted by Gasteiger charge is -2.26. The number of unbranched alkanes of at least 4 members (excludes halogenated alkanes) is 1. The lowest BCUT2D eigenvalue weighted by Crippen LogP contribution is -2.33. The van der Waals surface area contributed by atoms with Gasteiger partial charge in [0, 0.05) is 31.1 Å². The Morgan fingerprint density at radius 3 is 2.45 bits per heavy atom. The molecule has 3 aromatic carbocycles. The van der Waals surface area contributed by atoms with Crippen molar-refractivity contribution in [3.05, 3.63) is 89.0 Å². The van der Waals surface area contributed by atoms with E-state index in [-0.39, 0.29) is 5.97 Å². The molecule has 0 atom stereocenters. The van der Waals surface area contributed by atoms with E-state index in [1.807, 2.05) is 42.5 Å². The summed E-state index contributed by atoms with van der Waals surface area (Å²) in [7, 11) is 1.65. The largest absolute Gasteiger partial charge is 0.497 e. The van der Waals surface area contributed by atoms with Crippen molar-refractivity contribution in [2.24, 2.45) is 0 Å². The van der Waals surface area contributed by atoms with E-state index in [9.17, 15) is 4.79 Å². The molecule has 0 unspecified atom stereocenters. The molecule has 0 saturated carbocycles. The standard InChI is InChI=1S/C29H33NO3/c1-6-7-18-30(19-27(22(3)32-5)25-14-10-8-12-21(25)2)20-28-26-15-11-9-13-24(26)16-17-29(28)33-23(4)31/h8-17H,2-3,6-7,18-20H2,1,4-5H3/b27-25-. The van der Waals surface area contributed by atoms with Crippen molar-refractivity contribution < 1.29 is 14.3 Å². The molecule has 0 bridgehead atoms. The van der Waals surface area contributed by atoms with Crippen molar-refractivity contribution in [1.29, 1.82) is 0 Å². The van der Waals surface area contributed by atoms with E-state index in [4.69, 9.17) is 9.47 Å². The molecule has 0 aliphatic rings. The molecule has 0 aliphatic heterocycles. The van der Waals surface area contributed by atoms with Gasteiger partial charge in [0.1, 0.15) is 11.5 Å². The number of hydrogen-bond acceptors (Lipinski definition) is 4. The smallest absolute Gasteiger partial charge is 0.308 e. The summed E-state index contributed by atoms with van der Waals surface area (Å²) in [5.41, 5.74) is 2.01. The predicted octanol–water partition coefficient (Wildman–Crippen LogP) is 4.79. The van der Waals surface area contributed by atoms with Crippen molar-refractivity contribution in [3.63, 3.8) is 0 Å². The summed E-state index contributed by atoms with van der Waals surface area (Å²) in [6, 6.07) is 20.1. The number of fused-ring (bicyclic) bond motifs is 1. The maximum atomic E-state index is 11.8. The van der Waals surface area contributed by atoms with Gasteiger partial charge in [-0.15, -0.1) is 0 Å². The van der Waals surface area contributed by atoms with Crippen LogP contribution in [0.5, 0.6) is 5.75 Å². The molecule has 0 amide bonds. The Balaban J connectivity index is 2.09. The van der Waals surface area contributed by atoms with Crippen LogP contribution in [0.4, 0.5) is 0 Å². The second-order valence-corrected chi connectivity index (χ2v) is 8.18. The Labute approximate surface area is 196 Å². The summed E-state index contributed by atoms with van der Waals surface area (Å²) in [6.45, 7) is 14.1. The maximum Gasteiger partial charge on any atom is 0.308 e. The number of hydrogen-bond donors (Lipinski definition) is 0. The van der Waals surface area contributed by atoms with Gasteiger partial charge in [0.05, 0.1) is 7.11 Å². The lowest BCUT2D eigenvalue weighted by molar-refractivity contribution is -0.131. The van der Waals surface area contributed by atoms with Gasteiger partial charge in [0.25, 0.3) is 0 Å². The Hall–Kier alpha value is -3.37. The number of esters is 1. The van der Waals surface area contributed by atoms with Crippen molar-refractivity contribution in [2.45, 2.75) is 33.2 Å². The fourth-order valence-electron chi connectivity index (χ4n) is 4.03. The number of methoxy groups -OCH3 is 1.